The number of benzene rings is 2. The molecular formula is C20H20N4O4S. The van der Waals surface area contributed by atoms with Crippen LogP contribution in [0.2, 0.25) is 0 Å². The summed E-state index contributed by atoms with van der Waals surface area (Å²) < 4.78 is 17.7. The van der Waals surface area contributed by atoms with Gasteiger partial charge in [-0.1, -0.05) is 23.9 Å². The number of rotatable bonds is 7. The van der Waals surface area contributed by atoms with Crippen molar-refractivity contribution in [3.63, 3.8) is 0 Å². The summed E-state index contributed by atoms with van der Waals surface area (Å²) in [6.07, 6.45) is 0.650. The number of aromatic nitrogens is 3. The topological polar surface area (TPSA) is 87.5 Å². The van der Waals surface area contributed by atoms with Crippen LogP contribution in [0.5, 0.6) is 17.2 Å². The third-order valence-corrected chi connectivity index (χ3v) is 5.46. The van der Waals surface area contributed by atoms with Crippen molar-refractivity contribution in [1.29, 1.82) is 0 Å². The normalized spacial score (nSPS) is 12.1. The van der Waals surface area contributed by atoms with Gasteiger partial charge in [0.1, 0.15) is 11.6 Å². The highest BCUT2D eigenvalue weighted by molar-refractivity contribution is 7.99. The second-order valence-corrected chi connectivity index (χ2v) is 7.33. The standard InChI is InChI=1S/C20H20N4O4S/c1-24-18(9-13-3-6-15(26-2)7-4-13)22-23-20(24)29-11-19(25)21-14-5-8-16-17(10-14)28-12-27-16/h3-8,10H,9,11-12H2,1-2H3,(H,21,25). The Kier molecular flexibility index (Phi) is 5.57. The van der Waals surface area contributed by atoms with Gasteiger partial charge in [-0.05, 0) is 29.8 Å². The zero-order chi connectivity index (χ0) is 20.2. The fourth-order valence-corrected chi connectivity index (χ4v) is 3.58. The number of thioether (sulfide) groups is 1. The summed E-state index contributed by atoms with van der Waals surface area (Å²) in [5, 5.41) is 12.0. The monoisotopic (exact) mass is 412 g/mol. The molecule has 1 aromatic heterocycles. The van der Waals surface area contributed by atoms with Crippen molar-refractivity contribution in [1.82, 2.24) is 14.8 Å². The van der Waals surface area contributed by atoms with Crippen LogP contribution in [0.15, 0.2) is 47.6 Å². The summed E-state index contributed by atoms with van der Waals surface area (Å²) in [6.45, 7) is 0.202. The van der Waals surface area contributed by atoms with Gasteiger partial charge in [-0.25, -0.2) is 0 Å². The summed E-state index contributed by atoms with van der Waals surface area (Å²) in [4.78, 5) is 12.3. The third kappa shape index (κ3) is 4.45. The minimum Gasteiger partial charge on any atom is -0.497 e. The first kappa shape index (κ1) is 19.1. The molecule has 0 saturated carbocycles. The van der Waals surface area contributed by atoms with E-state index in [9.17, 15) is 4.79 Å². The van der Waals surface area contributed by atoms with Crippen LogP contribution < -0.4 is 19.5 Å². The summed E-state index contributed by atoms with van der Waals surface area (Å²) in [6, 6.07) is 13.1. The van der Waals surface area contributed by atoms with Gasteiger partial charge in [-0.3, -0.25) is 4.79 Å². The number of hydrogen-bond donors (Lipinski definition) is 1. The van der Waals surface area contributed by atoms with Crippen molar-refractivity contribution in [2.45, 2.75) is 11.6 Å². The smallest absolute Gasteiger partial charge is 0.234 e. The van der Waals surface area contributed by atoms with Crippen LogP contribution in [-0.2, 0) is 18.3 Å². The maximum atomic E-state index is 12.3. The zero-order valence-electron chi connectivity index (χ0n) is 16.0. The van der Waals surface area contributed by atoms with Crippen molar-refractivity contribution >= 4 is 23.4 Å². The van der Waals surface area contributed by atoms with Crippen LogP contribution in [0, 0.1) is 0 Å². The van der Waals surface area contributed by atoms with Crippen molar-refractivity contribution in [2.24, 2.45) is 7.05 Å². The highest BCUT2D eigenvalue weighted by atomic mass is 32.2. The lowest BCUT2D eigenvalue weighted by molar-refractivity contribution is -0.113. The van der Waals surface area contributed by atoms with E-state index in [1.807, 2.05) is 35.9 Å². The average Bonchev–Trinajstić information content (AvgIpc) is 3.34. The number of methoxy groups -OCH3 is 1. The lowest BCUT2D eigenvalue weighted by Gasteiger charge is -2.07. The van der Waals surface area contributed by atoms with Gasteiger partial charge in [0.15, 0.2) is 16.7 Å². The summed E-state index contributed by atoms with van der Waals surface area (Å²) in [7, 11) is 3.54. The van der Waals surface area contributed by atoms with Gasteiger partial charge in [0, 0.05) is 25.2 Å². The molecule has 9 heteroatoms. The Labute approximate surface area is 172 Å². The van der Waals surface area contributed by atoms with E-state index >= 15 is 0 Å². The van der Waals surface area contributed by atoms with Crippen LogP contribution in [-0.4, -0.2) is 40.3 Å². The molecule has 0 saturated heterocycles. The van der Waals surface area contributed by atoms with Gasteiger partial charge in [0.05, 0.1) is 12.9 Å². The highest BCUT2D eigenvalue weighted by Gasteiger charge is 2.15. The second-order valence-electron chi connectivity index (χ2n) is 6.39. The number of anilines is 1. The third-order valence-electron chi connectivity index (χ3n) is 4.44. The van der Waals surface area contributed by atoms with Gasteiger partial charge in [0.25, 0.3) is 0 Å². The fourth-order valence-electron chi connectivity index (χ4n) is 2.85. The fraction of sp³-hybridized carbons (Fsp3) is 0.250. The van der Waals surface area contributed by atoms with Crippen LogP contribution in [0.25, 0.3) is 0 Å². The lowest BCUT2D eigenvalue weighted by Crippen LogP contribution is -2.14. The number of amides is 1. The Hall–Kier alpha value is -3.20. The molecule has 150 valence electrons. The molecule has 2 heterocycles. The van der Waals surface area contributed by atoms with Crippen molar-refractivity contribution < 1.29 is 19.0 Å². The molecule has 4 rings (SSSR count). The van der Waals surface area contributed by atoms with Gasteiger partial charge >= 0.3 is 0 Å². The lowest BCUT2D eigenvalue weighted by atomic mass is 10.1. The van der Waals surface area contributed by atoms with Crippen LogP contribution in [0.1, 0.15) is 11.4 Å². The zero-order valence-corrected chi connectivity index (χ0v) is 16.9. The van der Waals surface area contributed by atoms with E-state index < -0.39 is 0 Å². The molecule has 2 aromatic carbocycles. The SMILES string of the molecule is COc1ccc(Cc2nnc(SCC(=O)Nc3ccc4c(c3)OCO4)n2C)cc1. The second kappa shape index (κ2) is 8.44. The number of ether oxygens (including phenoxy) is 3. The maximum absolute atomic E-state index is 12.3. The van der Waals surface area contributed by atoms with Crippen molar-refractivity contribution in [3.8, 4) is 17.2 Å². The predicted octanol–water partition coefficient (Wildman–Crippen LogP) is 2.87. The summed E-state index contributed by atoms with van der Waals surface area (Å²) >= 11 is 1.34. The molecule has 1 N–H and O–H groups in total. The van der Waals surface area contributed by atoms with E-state index in [0.717, 1.165) is 17.1 Å². The molecule has 1 aliphatic rings. The molecule has 1 amide bonds. The van der Waals surface area contributed by atoms with E-state index in [-0.39, 0.29) is 18.5 Å². The maximum Gasteiger partial charge on any atom is 0.234 e. The first-order valence-corrected chi connectivity index (χ1v) is 9.94. The van der Waals surface area contributed by atoms with Gasteiger partial charge < -0.3 is 24.1 Å². The van der Waals surface area contributed by atoms with E-state index in [4.69, 9.17) is 14.2 Å². The molecule has 0 spiro atoms. The first-order chi connectivity index (χ1) is 14.1. The Morgan fingerprint density at radius 2 is 1.97 bits per heavy atom. The number of carbonyl (C=O) groups is 1. The Morgan fingerprint density at radius 3 is 2.76 bits per heavy atom. The quantitative estimate of drug-likeness (QED) is 0.597. The van der Waals surface area contributed by atoms with Crippen LogP contribution in [0.4, 0.5) is 5.69 Å². The molecule has 0 aliphatic carbocycles. The predicted molar refractivity (Wildman–Crippen MR) is 109 cm³/mol. The van der Waals surface area contributed by atoms with E-state index in [1.54, 1.807) is 25.3 Å². The van der Waals surface area contributed by atoms with Crippen molar-refractivity contribution in [2.75, 3.05) is 25.0 Å². The molecular weight excluding hydrogens is 392 g/mol. The van der Waals surface area contributed by atoms with Gasteiger partial charge in [-0.2, -0.15) is 0 Å². The largest absolute Gasteiger partial charge is 0.497 e. The van der Waals surface area contributed by atoms with Crippen LogP contribution >= 0.6 is 11.8 Å². The molecule has 0 radical (unpaired) electrons. The Balaban J connectivity index is 1.33. The van der Waals surface area contributed by atoms with Gasteiger partial charge in [0.2, 0.25) is 12.7 Å². The highest BCUT2D eigenvalue weighted by Crippen LogP contribution is 2.34. The number of nitrogens with one attached hydrogen (secondary N) is 1. The molecule has 8 nitrogen and oxygen atoms in total. The molecule has 0 fully saturated rings. The van der Waals surface area contributed by atoms with Gasteiger partial charge in [-0.15, -0.1) is 10.2 Å². The van der Waals surface area contributed by atoms with E-state index in [2.05, 4.69) is 15.5 Å². The molecule has 0 atom stereocenters. The minimum absolute atomic E-state index is 0.131. The first-order valence-electron chi connectivity index (χ1n) is 8.96. The number of fused-ring (bicyclic) bond motifs is 1. The molecule has 3 aromatic rings. The molecule has 0 unspecified atom stereocenters. The van der Waals surface area contributed by atoms with E-state index in [1.165, 1.54) is 11.8 Å². The average molecular weight is 412 g/mol. The van der Waals surface area contributed by atoms with Crippen molar-refractivity contribution in [3.05, 3.63) is 53.9 Å². The molecule has 29 heavy (non-hydrogen) atoms. The number of nitrogens with zero attached hydrogens (tertiary/aromatic N) is 3. The Bertz CT molecular complexity index is 1020. The molecule has 0 bridgehead atoms. The number of hydrogen-bond acceptors (Lipinski definition) is 7. The van der Waals surface area contributed by atoms with E-state index in [0.29, 0.717) is 28.8 Å². The summed E-state index contributed by atoms with van der Waals surface area (Å²) in [5.41, 5.74) is 1.77. The molecule has 1 aliphatic heterocycles. The number of carbonyl (C=O) groups excluding carboxylic acids is 1. The van der Waals surface area contributed by atoms with Crippen LogP contribution in [0.3, 0.4) is 0 Å². The summed E-state index contributed by atoms with van der Waals surface area (Å²) in [5.74, 6) is 3.05. The minimum atomic E-state index is -0.131. The Morgan fingerprint density at radius 1 is 1.17 bits per heavy atom.